The number of halogens is 2. The average Bonchev–Trinajstić information content (AvgIpc) is 2.23. The molecule has 0 aliphatic heterocycles. The molecule has 0 fully saturated rings. The molecule has 0 spiro atoms. The van der Waals surface area contributed by atoms with Crippen LogP contribution in [-0.4, -0.2) is 23.0 Å². The molecule has 1 amide bonds. The van der Waals surface area contributed by atoms with Crippen LogP contribution in [0.3, 0.4) is 0 Å². The van der Waals surface area contributed by atoms with E-state index in [1.54, 1.807) is 0 Å². The smallest absolute Gasteiger partial charge is 0.325 e. The highest BCUT2D eigenvalue weighted by molar-refractivity contribution is 5.84. The molecule has 0 saturated carbocycles. The van der Waals surface area contributed by atoms with Gasteiger partial charge >= 0.3 is 5.97 Å². The van der Waals surface area contributed by atoms with Crippen LogP contribution in [0.25, 0.3) is 0 Å². The maximum atomic E-state index is 13.2. The second-order valence-corrected chi connectivity index (χ2v) is 3.54. The van der Waals surface area contributed by atoms with E-state index < -0.39 is 36.0 Å². The van der Waals surface area contributed by atoms with Crippen LogP contribution in [0.15, 0.2) is 18.2 Å². The lowest BCUT2D eigenvalue weighted by atomic mass is 10.1. The Hall–Kier alpha value is -1.98. The summed E-state index contributed by atoms with van der Waals surface area (Å²) in [6.07, 6.45) is -0.402. The number of aliphatic carboxylic acids is 1. The Balaban J connectivity index is 2.68. The van der Waals surface area contributed by atoms with Crippen LogP contribution in [-0.2, 0) is 16.0 Å². The lowest BCUT2D eigenvalue weighted by molar-refractivity contribution is -0.141. The largest absolute Gasteiger partial charge is 0.480 e. The SMILES string of the molecule is C[C@H](NC(=O)Cc1cc(F)ccc1F)C(=O)O. The molecule has 1 atom stereocenters. The molecule has 1 aromatic carbocycles. The number of carboxylic acids is 1. The van der Waals surface area contributed by atoms with Crippen molar-refractivity contribution in [2.45, 2.75) is 19.4 Å². The zero-order chi connectivity index (χ0) is 13.0. The van der Waals surface area contributed by atoms with Crippen molar-refractivity contribution in [2.75, 3.05) is 0 Å². The van der Waals surface area contributed by atoms with Gasteiger partial charge in [0.1, 0.15) is 17.7 Å². The third-order valence-electron chi connectivity index (χ3n) is 2.11. The van der Waals surface area contributed by atoms with Crippen LogP contribution >= 0.6 is 0 Å². The molecule has 0 aliphatic carbocycles. The van der Waals surface area contributed by atoms with Gasteiger partial charge in [0.2, 0.25) is 5.91 Å². The predicted molar refractivity (Wildman–Crippen MR) is 55.3 cm³/mol. The Labute approximate surface area is 96.3 Å². The zero-order valence-corrected chi connectivity index (χ0v) is 9.04. The Kier molecular flexibility index (Phi) is 4.14. The Morgan fingerprint density at radius 1 is 1.41 bits per heavy atom. The Bertz CT molecular complexity index is 448. The van der Waals surface area contributed by atoms with Crippen molar-refractivity contribution in [3.63, 3.8) is 0 Å². The van der Waals surface area contributed by atoms with E-state index in [-0.39, 0.29) is 5.56 Å². The van der Waals surface area contributed by atoms with Gasteiger partial charge in [0.25, 0.3) is 0 Å². The molecule has 2 N–H and O–H groups in total. The lowest BCUT2D eigenvalue weighted by Crippen LogP contribution is -2.39. The number of carboxylic acid groups (broad SMARTS) is 1. The van der Waals surface area contributed by atoms with Crippen LogP contribution < -0.4 is 5.32 Å². The first-order chi connectivity index (χ1) is 7.90. The quantitative estimate of drug-likeness (QED) is 0.832. The maximum absolute atomic E-state index is 13.2. The summed E-state index contributed by atoms with van der Waals surface area (Å²) in [5.41, 5.74) is -0.111. The van der Waals surface area contributed by atoms with Crippen LogP contribution in [0, 0.1) is 11.6 Å². The van der Waals surface area contributed by atoms with Crippen molar-refractivity contribution in [2.24, 2.45) is 0 Å². The molecule has 6 heteroatoms. The predicted octanol–water partition coefficient (Wildman–Crippen LogP) is 1.10. The molecule has 92 valence electrons. The highest BCUT2D eigenvalue weighted by Gasteiger charge is 2.15. The van der Waals surface area contributed by atoms with E-state index >= 15 is 0 Å². The van der Waals surface area contributed by atoms with Crippen LogP contribution in [0.4, 0.5) is 8.78 Å². The van der Waals surface area contributed by atoms with Gasteiger partial charge in [-0.1, -0.05) is 0 Å². The second-order valence-electron chi connectivity index (χ2n) is 3.54. The summed E-state index contributed by atoms with van der Waals surface area (Å²) in [5.74, 6) is -3.23. The third-order valence-corrected chi connectivity index (χ3v) is 2.11. The van der Waals surface area contributed by atoms with Gasteiger partial charge in [0, 0.05) is 5.56 Å². The number of benzene rings is 1. The molecule has 0 aromatic heterocycles. The van der Waals surface area contributed by atoms with E-state index in [9.17, 15) is 18.4 Å². The van der Waals surface area contributed by atoms with Gasteiger partial charge in [-0.2, -0.15) is 0 Å². The normalized spacial score (nSPS) is 11.9. The first-order valence-electron chi connectivity index (χ1n) is 4.86. The summed E-state index contributed by atoms with van der Waals surface area (Å²) in [6.45, 7) is 1.28. The third kappa shape index (κ3) is 3.82. The summed E-state index contributed by atoms with van der Waals surface area (Å²) < 4.78 is 26.0. The van der Waals surface area contributed by atoms with Crippen LogP contribution in [0.2, 0.25) is 0 Å². The number of hydrogen-bond donors (Lipinski definition) is 2. The van der Waals surface area contributed by atoms with Crippen LogP contribution in [0.1, 0.15) is 12.5 Å². The molecule has 0 aliphatic rings. The van der Waals surface area contributed by atoms with Gasteiger partial charge < -0.3 is 10.4 Å². The van der Waals surface area contributed by atoms with Gasteiger partial charge in [-0.25, -0.2) is 8.78 Å². The van der Waals surface area contributed by atoms with Crippen molar-refractivity contribution >= 4 is 11.9 Å². The fourth-order valence-corrected chi connectivity index (χ4v) is 1.21. The summed E-state index contributed by atoms with van der Waals surface area (Å²) >= 11 is 0. The number of carbonyl (C=O) groups excluding carboxylic acids is 1. The highest BCUT2D eigenvalue weighted by atomic mass is 19.1. The standard InChI is InChI=1S/C11H11F2NO3/c1-6(11(16)17)14-10(15)5-7-4-8(12)2-3-9(7)13/h2-4,6H,5H2,1H3,(H,14,15)(H,16,17)/t6-/m0/s1. The first kappa shape index (κ1) is 13.1. The molecular weight excluding hydrogens is 232 g/mol. The number of nitrogens with one attached hydrogen (secondary N) is 1. The molecule has 0 saturated heterocycles. The van der Waals surface area contributed by atoms with Gasteiger partial charge in [0.15, 0.2) is 0 Å². The second kappa shape index (κ2) is 5.38. The molecule has 1 rings (SSSR count). The van der Waals surface area contributed by atoms with Crippen molar-refractivity contribution in [1.29, 1.82) is 0 Å². The molecule has 1 aromatic rings. The van der Waals surface area contributed by atoms with Crippen molar-refractivity contribution in [1.82, 2.24) is 5.32 Å². The molecule has 0 radical (unpaired) electrons. The molecular formula is C11H11F2NO3. The van der Waals surface area contributed by atoms with E-state index in [0.717, 1.165) is 18.2 Å². The minimum absolute atomic E-state index is 0.111. The molecule has 17 heavy (non-hydrogen) atoms. The van der Waals surface area contributed by atoms with Gasteiger partial charge in [-0.15, -0.1) is 0 Å². The van der Waals surface area contributed by atoms with Crippen LogP contribution in [0.5, 0.6) is 0 Å². The summed E-state index contributed by atoms with van der Waals surface area (Å²) in [7, 11) is 0. The Morgan fingerprint density at radius 2 is 2.06 bits per heavy atom. The number of hydrogen-bond acceptors (Lipinski definition) is 2. The number of carbonyl (C=O) groups is 2. The van der Waals surface area contributed by atoms with Crippen molar-refractivity contribution in [3.8, 4) is 0 Å². The van der Waals surface area contributed by atoms with Crippen molar-refractivity contribution in [3.05, 3.63) is 35.4 Å². The number of rotatable bonds is 4. The van der Waals surface area contributed by atoms with Gasteiger partial charge in [-0.3, -0.25) is 9.59 Å². The number of amides is 1. The van der Waals surface area contributed by atoms with E-state index in [1.807, 2.05) is 0 Å². The molecule has 0 heterocycles. The fourth-order valence-electron chi connectivity index (χ4n) is 1.21. The lowest BCUT2D eigenvalue weighted by Gasteiger charge is -2.09. The van der Waals surface area contributed by atoms with Crippen molar-refractivity contribution < 1.29 is 23.5 Å². The van der Waals surface area contributed by atoms with E-state index in [4.69, 9.17) is 5.11 Å². The van der Waals surface area contributed by atoms with E-state index in [1.165, 1.54) is 6.92 Å². The zero-order valence-electron chi connectivity index (χ0n) is 9.04. The van der Waals surface area contributed by atoms with E-state index in [2.05, 4.69) is 5.32 Å². The summed E-state index contributed by atoms with van der Waals surface area (Å²) in [6, 6.07) is 1.69. The average molecular weight is 243 g/mol. The van der Waals surface area contributed by atoms with Gasteiger partial charge in [0.05, 0.1) is 6.42 Å². The molecule has 0 bridgehead atoms. The monoisotopic (exact) mass is 243 g/mol. The summed E-state index contributed by atoms with van der Waals surface area (Å²) in [4.78, 5) is 21.8. The topological polar surface area (TPSA) is 66.4 Å². The van der Waals surface area contributed by atoms with Gasteiger partial charge in [-0.05, 0) is 25.1 Å². The highest BCUT2D eigenvalue weighted by Crippen LogP contribution is 2.10. The Morgan fingerprint density at radius 3 is 2.65 bits per heavy atom. The summed E-state index contributed by atoms with van der Waals surface area (Å²) in [5, 5.41) is 10.7. The molecule has 4 nitrogen and oxygen atoms in total. The maximum Gasteiger partial charge on any atom is 0.325 e. The molecule has 0 unspecified atom stereocenters. The minimum atomic E-state index is -1.20. The minimum Gasteiger partial charge on any atom is -0.480 e. The first-order valence-corrected chi connectivity index (χ1v) is 4.86. The van der Waals surface area contributed by atoms with E-state index in [0.29, 0.717) is 0 Å². The fraction of sp³-hybridized carbons (Fsp3) is 0.273.